The lowest BCUT2D eigenvalue weighted by Gasteiger charge is -2.38. The van der Waals surface area contributed by atoms with Crippen molar-refractivity contribution in [2.45, 2.75) is 37.5 Å². The number of likely N-dealkylation sites (tertiary alicyclic amines) is 1. The lowest BCUT2D eigenvalue weighted by atomic mass is 9.83. The SMILES string of the molecule is O=C(C1CCC1)N1CCC(CN2C(=O)CS[C@H]2c2ccccc2Cl)CC1. The third-order valence-electron chi connectivity index (χ3n) is 5.97. The van der Waals surface area contributed by atoms with Crippen LogP contribution in [0.25, 0.3) is 0 Å². The van der Waals surface area contributed by atoms with E-state index in [1.165, 1.54) is 6.42 Å². The van der Waals surface area contributed by atoms with E-state index in [1.807, 2.05) is 34.1 Å². The summed E-state index contributed by atoms with van der Waals surface area (Å²) >= 11 is 8.03. The van der Waals surface area contributed by atoms with Crippen LogP contribution in [-0.2, 0) is 9.59 Å². The summed E-state index contributed by atoms with van der Waals surface area (Å²) in [6.45, 7) is 2.45. The first kappa shape index (κ1) is 18.2. The number of thioether (sulfide) groups is 1. The van der Waals surface area contributed by atoms with Crippen molar-refractivity contribution in [2.75, 3.05) is 25.4 Å². The monoisotopic (exact) mass is 392 g/mol. The highest BCUT2D eigenvalue weighted by Crippen LogP contribution is 2.42. The van der Waals surface area contributed by atoms with Crippen molar-refractivity contribution < 1.29 is 9.59 Å². The number of rotatable bonds is 4. The van der Waals surface area contributed by atoms with Crippen molar-refractivity contribution in [2.24, 2.45) is 11.8 Å². The van der Waals surface area contributed by atoms with Crippen LogP contribution >= 0.6 is 23.4 Å². The highest BCUT2D eigenvalue weighted by atomic mass is 35.5. The number of halogens is 1. The molecule has 0 N–H and O–H groups in total. The summed E-state index contributed by atoms with van der Waals surface area (Å²) in [6.07, 6.45) is 5.31. The summed E-state index contributed by atoms with van der Waals surface area (Å²) in [7, 11) is 0. The van der Waals surface area contributed by atoms with Crippen LogP contribution in [0.5, 0.6) is 0 Å². The molecule has 1 aromatic carbocycles. The summed E-state index contributed by atoms with van der Waals surface area (Å²) in [6, 6.07) is 7.81. The van der Waals surface area contributed by atoms with Crippen LogP contribution in [-0.4, -0.2) is 47.0 Å². The molecular weight excluding hydrogens is 368 g/mol. The number of hydrogen-bond acceptors (Lipinski definition) is 3. The molecule has 6 heteroatoms. The van der Waals surface area contributed by atoms with Gasteiger partial charge >= 0.3 is 0 Å². The molecule has 4 rings (SSSR count). The molecule has 2 aliphatic heterocycles. The number of amides is 2. The van der Waals surface area contributed by atoms with E-state index in [4.69, 9.17) is 11.6 Å². The van der Waals surface area contributed by atoms with Crippen LogP contribution in [0.1, 0.15) is 43.0 Å². The molecule has 4 nitrogen and oxygen atoms in total. The standard InChI is InChI=1S/C20H25ClN2O2S/c21-17-7-2-1-6-16(17)20-23(18(24)13-26-20)12-14-8-10-22(11-9-14)19(25)15-4-3-5-15/h1-2,6-7,14-15,20H,3-5,8-13H2/t20-/m0/s1. The van der Waals surface area contributed by atoms with Gasteiger partial charge in [0.05, 0.1) is 5.75 Å². The lowest BCUT2D eigenvalue weighted by molar-refractivity contribution is -0.140. The molecule has 0 aromatic heterocycles. The van der Waals surface area contributed by atoms with Crippen LogP contribution in [0.2, 0.25) is 5.02 Å². The zero-order valence-electron chi connectivity index (χ0n) is 14.9. The maximum atomic E-state index is 12.4. The van der Waals surface area contributed by atoms with Gasteiger partial charge in [0.2, 0.25) is 11.8 Å². The fraction of sp³-hybridized carbons (Fsp3) is 0.600. The summed E-state index contributed by atoms with van der Waals surface area (Å²) in [4.78, 5) is 28.9. The first-order valence-corrected chi connectivity index (χ1v) is 11.0. The largest absolute Gasteiger partial charge is 0.342 e. The van der Waals surface area contributed by atoms with E-state index >= 15 is 0 Å². The molecule has 0 unspecified atom stereocenters. The quantitative estimate of drug-likeness (QED) is 0.778. The van der Waals surface area contributed by atoms with Gasteiger partial charge in [0, 0.05) is 36.1 Å². The molecule has 1 aliphatic carbocycles. The van der Waals surface area contributed by atoms with Crippen molar-refractivity contribution >= 4 is 35.2 Å². The Balaban J connectivity index is 1.36. The molecule has 1 aromatic rings. The Morgan fingerprint density at radius 2 is 1.88 bits per heavy atom. The molecule has 140 valence electrons. The van der Waals surface area contributed by atoms with Gasteiger partial charge in [-0.2, -0.15) is 0 Å². The lowest BCUT2D eigenvalue weighted by Crippen LogP contribution is -2.45. The smallest absolute Gasteiger partial charge is 0.233 e. The zero-order chi connectivity index (χ0) is 18.1. The Labute approximate surface area is 164 Å². The van der Waals surface area contributed by atoms with Crippen molar-refractivity contribution in [3.8, 4) is 0 Å². The average molecular weight is 393 g/mol. The zero-order valence-corrected chi connectivity index (χ0v) is 16.5. The Hall–Kier alpha value is -1.20. The fourth-order valence-electron chi connectivity index (χ4n) is 4.11. The minimum atomic E-state index is 0.0193. The van der Waals surface area contributed by atoms with Crippen LogP contribution in [0.4, 0.5) is 0 Å². The summed E-state index contributed by atoms with van der Waals surface area (Å²) in [5.41, 5.74) is 1.03. The van der Waals surface area contributed by atoms with Gasteiger partial charge in [-0.05, 0) is 37.7 Å². The molecule has 0 bridgehead atoms. The predicted octanol–water partition coefficient (Wildman–Crippen LogP) is 3.95. The van der Waals surface area contributed by atoms with Crippen LogP contribution in [0.15, 0.2) is 24.3 Å². The normalized spacial score (nSPS) is 24.8. The van der Waals surface area contributed by atoms with Crippen LogP contribution in [0.3, 0.4) is 0 Å². The van der Waals surface area contributed by atoms with Gasteiger partial charge in [0.1, 0.15) is 5.37 Å². The molecule has 1 atom stereocenters. The van der Waals surface area contributed by atoms with Gasteiger partial charge < -0.3 is 9.80 Å². The number of hydrogen-bond donors (Lipinski definition) is 0. The summed E-state index contributed by atoms with van der Waals surface area (Å²) in [5, 5.41) is 0.747. The summed E-state index contributed by atoms with van der Waals surface area (Å²) in [5.74, 6) is 1.83. The number of nitrogens with zero attached hydrogens (tertiary/aromatic N) is 2. The molecule has 2 heterocycles. The molecule has 1 saturated carbocycles. The van der Waals surface area contributed by atoms with Gasteiger partial charge in [0.25, 0.3) is 0 Å². The third-order valence-corrected chi connectivity index (χ3v) is 7.56. The maximum absolute atomic E-state index is 12.4. The predicted molar refractivity (Wildman–Crippen MR) is 105 cm³/mol. The molecule has 26 heavy (non-hydrogen) atoms. The van der Waals surface area contributed by atoms with Gasteiger partial charge in [-0.3, -0.25) is 9.59 Å². The van der Waals surface area contributed by atoms with E-state index in [9.17, 15) is 9.59 Å². The second-order valence-electron chi connectivity index (χ2n) is 7.63. The fourth-order valence-corrected chi connectivity index (χ4v) is 5.65. The third kappa shape index (κ3) is 3.61. The molecule has 0 radical (unpaired) electrons. The topological polar surface area (TPSA) is 40.6 Å². The van der Waals surface area contributed by atoms with E-state index in [0.717, 1.165) is 55.9 Å². The van der Waals surface area contributed by atoms with E-state index in [2.05, 4.69) is 0 Å². The van der Waals surface area contributed by atoms with E-state index in [1.54, 1.807) is 11.8 Å². The van der Waals surface area contributed by atoms with Gasteiger partial charge in [-0.1, -0.05) is 36.2 Å². The minimum absolute atomic E-state index is 0.0193. The van der Waals surface area contributed by atoms with Crippen LogP contribution < -0.4 is 0 Å². The van der Waals surface area contributed by atoms with Crippen molar-refractivity contribution in [3.63, 3.8) is 0 Å². The number of piperidine rings is 1. The molecule has 3 aliphatic rings. The van der Waals surface area contributed by atoms with Gasteiger partial charge in [0.15, 0.2) is 0 Å². The minimum Gasteiger partial charge on any atom is -0.342 e. The molecule has 0 spiro atoms. The van der Waals surface area contributed by atoms with Crippen molar-refractivity contribution in [1.82, 2.24) is 9.80 Å². The number of benzene rings is 1. The highest BCUT2D eigenvalue weighted by Gasteiger charge is 2.37. The Morgan fingerprint density at radius 3 is 2.54 bits per heavy atom. The molecule has 3 fully saturated rings. The van der Waals surface area contributed by atoms with Crippen molar-refractivity contribution in [1.29, 1.82) is 0 Å². The number of carbonyl (C=O) groups excluding carboxylic acids is 2. The molecule has 2 saturated heterocycles. The second kappa shape index (κ2) is 7.81. The first-order valence-electron chi connectivity index (χ1n) is 9.58. The highest BCUT2D eigenvalue weighted by molar-refractivity contribution is 8.00. The number of carbonyl (C=O) groups is 2. The van der Waals surface area contributed by atoms with Crippen molar-refractivity contribution in [3.05, 3.63) is 34.9 Å². The van der Waals surface area contributed by atoms with Gasteiger partial charge in [-0.15, -0.1) is 11.8 Å². The maximum Gasteiger partial charge on any atom is 0.233 e. The first-order chi connectivity index (χ1) is 12.6. The van der Waals surface area contributed by atoms with E-state index in [0.29, 0.717) is 17.6 Å². The average Bonchev–Trinajstić information content (AvgIpc) is 2.95. The Morgan fingerprint density at radius 1 is 1.15 bits per heavy atom. The molecular formula is C20H25ClN2O2S. The Bertz CT molecular complexity index is 686. The second-order valence-corrected chi connectivity index (χ2v) is 9.10. The molecule has 2 amide bonds. The Kier molecular flexibility index (Phi) is 5.46. The van der Waals surface area contributed by atoms with Gasteiger partial charge in [-0.25, -0.2) is 0 Å². The summed E-state index contributed by atoms with van der Waals surface area (Å²) < 4.78 is 0. The van der Waals surface area contributed by atoms with E-state index < -0.39 is 0 Å². The van der Waals surface area contributed by atoms with Crippen LogP contribution in [0, 0.1) is 11.8 Å². The van der Waals surface area contributed by atoms with E-state index in [-0.39, 0.29) is 17.2 Å².